The lowest BCUT2D eigenvalue weighted by molar-refractivity contribution is -0.137. The fraction of sp³-hybridized carbons (Fsp3) is 0.351. The highest BCUT2D eigenvalue weighted by molar-refractivity contribution is 7.59. The molecule has 0 spiro atoms. The Labute approximate surface area is 325 Å². The summed E-state index contributed by atoms with van der Waals surface area (Å²) in [7, 11) is 3.02. The number of benzene rings is 2. The lowest BCUT2D eigenvalue weighted by atomic mass is 9.91. The number of aryl methyl sites for hydroxylation is 1. The molecule has 2 aliphatic carbocycles. The molecule has 15 heteroatoms. The van der Waals surface area contributed by atoms with Gasteiger partial charge in [-0.05, 0) is 84.0 Å². The van der Waals surface area contributed by atoms with Gasteiger partial charge >= 0.3 is 11.9 Å². The van der Waals surface area contributed by atoms with Gasteiger partial charge < -0.3 is 34.5 Å². The maximum Gasteiger partial charge on any atom is 0.317 e. The second-order valence-electron chi connectivity index (χ2n) is 12.2. The first kappa shape index (κ1) is 40.9. The number of aromatic nitrogens is 2. The molecule has 2 heterocycles. The van der Waals surface area contributed by atoms with E-state index in [1.807, 2.05) is 12.1 Å². The van der Waals surface area contributed by atoms with Gasteiger partial charge in [-0.2, -0.15) is 37.0 Å². The quantitative estimate of drug-likeness (QED) is 0.111. The number of methoxy groups -OCH3 is 2. The van der Waals surface area contributed by atoms with Crippen molar-refractivity contribution in [3.63, 3.8) is 0 Å². The number of hydrogen-bond donors (Lipinski definition) is 3. The molecule has 278 valence electrons. The molecule has 3 N–H and O–H groups in total. The SMILES string of the molecule is COc1nc(O[C@H]2CCc3c(-c4cccc5c4CC[C@@H]5Oc4nc(OC)c(CNCC(=O)O)cc4Cl)cccc32)c(Cl)cc1CCCC(=O)O.S.S. The molecular formula is C37H41Cl2N3O8S2. The Balaban J connectivity index is 0.00000302. The van der Waals surface area contributed by atoms with Crippen molar-refractivity contribution in [1.29, 1.82) is 0 Å². The van der Waals surface area contributed by atoms with E-state index in [1.165, 1.54) is 25.3 Å². The van der Waals surface area contributed by atoms with Gasteiger partial charge in [0.15, 0.2) is 0 Å². The summed E-state index contributed by atoms with van der Waals surface area (Å²) in [6.45, 7) is 0.0253. The van der Waals surface area contributed by atoms with Crippen LogP contribution in [-0.4, -0.2) is 52.9 Å². The van der Waals surface area contributed by atoms with Crippen LogP contribution in [0.5, 0.6) is 23.5 Å². The number of carboxylic acid groups (broad SMARTS) is 2. The lowest BCUT2D eigenvalue weighted by Gasteiger charge is -2.19. The van der Waals surface area contributed by atoms with Crippen molar-refractivity contribution < 1.29 is 38.7 Å². The van der Waals surface area contributed by atoms with Crippen molar-refractivity contribution >= 4 is 62.1 Å². The highest BCUT2D eigenvalue weighted by atomic mass is 35.5. The molecule has 2 atom stereocenters. The zero-order valence-corrected chi connectivity index (χ0v) is 32.1. The van der Waals surface area contributed by atoms with E-state index in [-0.39, 0.29) is 70.5 Å². The van der Waals surface area contributed by atoms with E-state index in [4.69, 9.17) is 52.4 Å². The Morgan fingerprint density at radius 2 is 1.27 bits per heavy atom. The smallest absolute Gasteiger partial charge is 0.317 e. The number of halogens is 2. The molecule has 0 saturated carbocycles. The Kier molecular flexibility index (Phi) is 14.3. The molecular weight excluding hydrogens is 749 g/mol. The van der Waals surface area contributed by atoms with Crippen molar-refractivity contribution in [2.75, 3.05) is 20.8 Å². The summed E-state index contributed by atoms with van der Waals surface area (Å²) in [5.74, 6) is -0.598. The molecule has 0 radical (unpaired) electrons. The van der Waals surface area contributed by atoms with Crippen molar-refractivity contribution in [2.45, 2.75) is 63.7 Å². The molecule has 0 fully saturated rings. The van der Waals surface area contributed by atoms with Gasteiger partial charge in [0.1, 0.15) is 22.3 Å². The van der Waals surface area contributed by atoms with Crippen LogP contribution in [0.2, 0.25) is 10.0 Å². The van der Waals surface area contributed by atoms with Gasteiger partial charge in [-0.3, -0.25) is 9.59 Å². The van der Waals surface area contributed by atoms with Crippen LogP contribution in [0.4, 0.5) is 0 Å². The normalized spacial score (nSPS) is 15.5. The van der Waals surface area contributed by atoms with Gasteiger partial charge in [0.25, 0.3) is 0 Å². The summed E-state index contributed by atoms with van der Waals surface area (Å²) in [6.07, 6.45) is 3.57. The summed E-state index contributed by atoms with van der Waals surface area (Å²) in [5.41, 5.74) is 8.22. The lowest BCUT2D eigenvalue weighted by Crippen LogP contribution is -2.22. The Morgan fingerprint density at radius 1 is 0.769 bits per heavy atom. The average Bonchev–Trinajstić information content (AvgIpc) is 3.70. The van der Waals surface area contributed by atoms with Crippen LogP contribution >= 0.6 is 50.2 Å². The first-order chi connectivity index (χ1) is 24.2. The van der Waals surface area contributed by atoms with Crippen molar-refractivity contribution in [3.05, 3.63) is 92.0 Å². The van der Waals surface area contributed by atoms with E-state index in [9.17, 15) is 9.59 Å². The Bertz CT molecular complexity index is 1800. The highest BCUT2D eigenvalue weighted by Crippen LogP contribution is 2.46. The monoisotopic (exact) mass is 789 g/mol. The van der Waals surface area contributed by atoms with Crippen LogP contribution in [0.15, 0.2) is 48.5 Å². The standard InChI is InChI=1S/C37H37Cl2N3O8.2H2S/c1-47-34-20(6-3-11-32(43)44)16-28(38)36(41-34)49-30-14-12-24-22(7-4-9-26(24)30)23-8-5-10-27-25(23)13-15-31(27)50-37-29(39)17-21(35(42-37)48-2)18-40-19-33(45)46;;/h4-5,7-10,16-17,30-31,40H,3,6,11-15,18-19H2,1-2H3,(H,43,44)(H,45,46);2*1H2/t30-,31-;;/m0../s1. The zero-order valence-electron chi connectivity index (χ0n) is 28.6. The predicted molar refractivity (Wildman–Crippen MR) is 208 cm³/mol. The number of rotatable bonds is 15. The maximum absolute atomic E-state index is 11.0. The van der Waals surface area contributed by atoms with Gasteiger partial charge in [-0.15, -0.1) is 0 Å². The second-order valence-corrected chi connectivity index (χ2v) is 13.0. The summed E-state index contributed by atoms with van der Waals surface area (Å²) in [5, 5.41) is 21.4. The van der Waals surface area contributed by atoms with Crippen molar-refractivity contribution in [2.24, 2.45) is 0 Å². The third-order valence-electron chi connectivity index (χ3n) is 9.01. The minimum atomic E-state index is -0.964. The van der Waals surface area contributed by atoms with E-state index in [0.29, 0.717) is 40.2 Å². The maximum atomic E-state index is 11.0. The van der Waals surface area contributed by atoms with E-state index < -0.39 is 11.9 Å². The fourth-order valence-electron chi connectivity index (χ4n) is 6.80. The molecule has 0 bridgehead atoms. The highest BCUT2D eigenvalue weighted by Gasteiger charge is 2.32. The average molecular weight is 791 g/mol. The van der Waals surface area contributed by atoms with Crippen LogP contribution in [0.25, 0.3) is 11.1 Å². The molecule has 0 saturated heterocycles. The van der Waals surface area contributed by atoms with Crippen LogP contribution in [0.1, 0.15) is 71.3 Å². The van der Waals surface area contributed by atoms with E-state index in [1.54, 1.807) is 12.1 Å². The van der Waals surface area contributed by atoms with E-state index >= 15 is 0 Å². The summed E-state index contributed by atoms with van der Waals surface area (Å²) in [6, 6.07) is 16.0. The van der Waals surface area contributed by atoms with Crippen molar-refractivity contribution in [3.8, 4) is 34.6 Å². The van der Waals surface area contributed by atoms with Crippen LogP contribution < -0.4 is 24.3 Å². The number of nitrogens with one attached hydrogen (secondary N) is 1. The molecule has 0 amide bonds. The van der Waals surface area contributed by atoms with E-state index in [0.717, 1.165) is 53.5 Å². The number of ether oxygens (including phenoxy) is 4. The first-order valence-corrected chi connectivity index (χ1v) is 17.1. The van der Waals surface area contributed by atoms with Crippen LogP contribution in [0, 0.1) is 0 Å². The Hall–Kier alpha value is -3.88. The molecule has 0 aliphatic heterocycles. The number of aliphatic carboxylic acids is 2. The van der Waals surface area contributed by atoms with Crippen molar-refractivity contribution in [1.82, 2.24) is 15.3 Å². The minimum absolute atomic E-state index is 0. The van der Waals surface area contributed by atoms with Gasteiger partial charge in [0.2, 0.25) is 23.5 Å². The van der Waals surface area contributed by atoms with Gasteiger partial charge in [-0.1, -0.05) is 59.6 Å². The number of pyridine rings is 2. The topological polar surface area (TPSA) is 149 Å². The van der Waals surface area contributed by atoms with E-state index in [2.05, 4.69) is 39.6 Å². The summed E-state index contributed by atoms with van der Waals surface area (Å²) in [4.78, 5) is 30.9. The zero-order chi connectivity index (χ0) is 35.4. The Morgan fingerprint density at radius 3 is 1.75 bits per heavy atom. The molecule has 2 aromatic carbocycles. The fourth-order valence-corrected chi connectivity index (χ4v) is 7.24. The minimum Gasteiger partial charge on any atom is -0.481 e. The number of hydrogen-bond acceptors (Lipinski definition) is 9. The molecule has 11 nitrogen and oxygen atoms in total. The third kappa shape index (κ3) is 9.00. The number of fused-ring (bicyclic) bond motifs is 2. The molecule has 2 aliphatic rings. The molecule has 6 rings (SSSR count). The molecule has 2 aromatic heterocycles. The molecule has 4 aromatic rings. The second kappa shape index (κ2) is 18.2. The first-order valence-electron chi connectivity index (χ1n) is 16.3. The molecule has 0 unspecified atom stereocenters. The number of nitrogens with zero attached hydrogens (tertiary/aromatic N) is 2. The van der Waals surface area contributed by atoms with Gasteiger partial charge in [0, 0.05) is 24.1 Å². The largest absolute Gasteiger partial charge is 0.481 e. The van der Waals surface area contributed by atoms with Crippen LogP contribution in [0.3, 0.4) is 0 Å². The molecule has 52 heavy (non-hydrogen) atoms. The van der Waals surface area contributed by atoms with Crippen LogP contribution in [-0.2, 0) is 35.4 Å². The summed E-state index contributed by atoms with van der Waals surface area (Å²) >= 11 is 13.2. The third-order valence-corrected chi connectivity index (χ3v) is 9.55. The summed E-state index contributed by atoms with van der Waals surface area (Å²) < 4.78 is 23.8. The van der Waals surface area contributed by atoms with Gasteiger partial charge in [-0.25, -0.2) is 0 Å². The predicted octanol–water partition coefficient (Wildman–Crippen LogP) is 7.41. The number of carbonyl (C=O) groups is 2. The number of carboxylic acids is 2. The van der Waals surface area contributed by atoms with Gasteiger partial charge in [0.05, 0.1) is 20.8 Å².